The molecule has 0 aromatic rings. The minimum Gasteiger partial charge on any atom is -0.378 e. The Labute approximate surface area is 116 Å². The number of amides is 1. The lowest BCUT2D eigenvalue weighted by Gasteiger charge is -2.63. The highest BCUT2D eigenvalue weighted by molar-refractivity contribution is 5.78. The largest absolute Gasteiger partial charge is 0.378 e. The first-order valence-electron chi connectivity index (χ1n) is 7.26. The van der Waals surface area contributed by atoms with Crippen molar-refractivity contribution in [3.8, 4) is 0 Å². The molecule has 0 spiro atoms. The van der Waals surface area contributed by atoms with Crippen molar-refractivity contribution in [3.05, 3.63) is 0 Å². The predicted molar refractivity (Wildman–Crippen MR) is 75.7 cm³/mol. The number of carbonyl (C=O) groups excluding carboxylic acids is 1. The van der Waals surface area contributed by atoms with Gasteiger partial charge in [-0.3, -0.25) is 4.79 Å². The summed E-state index contributed by atoms with van der Waals surface area (Å²) in [5.41, 5.74) is 5.93. The average molecular weight is 268 g/mol. The first kappa shape index (κ1) is 14.8. The second kappa shape index (κ2) is 4.45. The number of hydrogen-bond donors (Lipinski definition) is 2. The minimum atomic E-state index is -0.204. The van der Waals surface area contributed by atoms with Crippen molar-refractivity contribution in [1.29, 1.82) is 0 Å². The molecule has 0 radical (unpaired) electrons. The highest BCUT2D eigenvalue weighted by Gasteiger charge is 2.60. The lowest BCUT2D eigenvalue weighted by molar-refractivity contribution is -0.143. The van der Waals surface area contributed by atoms with Crippen molar-refractivity contribution < 1.29 is 9.53 Å². The summed E-state index contributed by atoms with van der Waals surface area (Å²) in [6, 6.07) is 0.252. The zero-order chi connectivity index (χ0) is 14.5. The van der Waals surface area contributed by atoms with Crippen LogP contribution in [-0.2, 0) is 9.53 Å². The normalized spacial score (nSPS) is 34.0. The number of hydrogen-bond acceptors (Lipinski definition) is 3. The summed E-state index contributed by atoms with van der Waals surface area (Å²) in [5, 5.41) is 3.19. The molecule has 0 heterocycles. The van der Waals surface area contributed by atoms with Gasteiger partial charge in [-0.25, -0.2) is 0 Å². The first-order chi connectivity index (χ1) is 8.66. The van der Waals surface area contributed by atoms with Crippen molar-refractivity contribution >= 4 is 5.91 Å². The number of methoxy groups -OCH3 is 1. The van der Waals surface area contributed by atoms with E-state index < -0.39 is 0 Å². The Bertz CT molecular complexity index is 351. The first-order valence-corrected chi connectivity index (χ1v) is 7.26. The topological polar surface area (TPSA) is 64.3 Å². The van der Waals surface area contributed by atoms with Crippen LogP contribution in [0.3, 0.4) is 0 Å². The molecule has 0 bridgehead atoms. The minimum absolute atomic E-state index is 0.0427. The molecule has 2 fully saturated rings. The standard InChI is InChI=1S/C15H28N2O2/c1-13(2)11(16)14(3,4)12(13)17-10(18)9-15(19-5)7-6-8-15/h11-12H,6-9,16H2,1-5H3,(H,17,18). The maximum absolute atomic E-state index is 12.3. The third kappa shape index (κ3) is 2.19. The molecule has 2 saturated carbocycles. The molecule has 0 aromatic carbocycles. The molecule has 19 heavy (non-hydrogen) atoms. The maximum atomic E-state index is 12.3. The van der Waals surface area contributed by atoms with Crippen LogP contribution >= 0.6 is 0 Å². The van der Waals surface area contributed by atoms with Gasteiger partial charge in [-0.15, -0.1) is 0 Å². The third-order valence-corrected chi connectivity index (χ3v) is 5.58. The van der Waals surface area contributed by atoms with Crippen LogP contribution in [0, 0.1) is 10.8 Å². The summed E-state index contributed by atoms with van der Waals surface area (Å²) >= 11 is 0. The molecular weight excluding hydrogens is 240 g/mol. The van der Waals surface area contributed by atoms with Gasteiger partial charge in [0, 0.05) is 30.0 Å². The van der Waals surface area contributed by atoms with Crippen LogP contribution in [-0.4, -0.2) is 30.7 Å². The Hall–Kier alpha value is -0.610. The van der Waals surface area contributed by atoms with Crippen molar-refractivity contribution in [1.82, 2.24) is 5.32 Å². The van der Waals surface area contributed by atoms with Crippen LogP contribution in [0.15, 0.2) is 0 Å². The Morgan fingerprint density at radius 2 is 1.79 bits per heavy atom. The van der Waals surface area contributed by atoms with E-state index in [0.29, 0.717) is 6.42 Å². The van der Waals surface area contributed by atoms with Gasteiger partial charge in [0.25, 0.3) is 0 Å². The number of ether oxygens (including phenoxy) is 1. The summed E-state index contributed by atoms with van der Waals surface area (Å²) in [4.78, 5) is 12.3. The highest BCUT2D eigenvalue weighted by atomic mass is 16.5. The fraction of sp³-hybridized carbons (Fsp3) is 0.933. The second-order valence-electron chi connectivity index (χ2n) is 7.54. The quantitative estimate of drug-likeness (QED) is 0.817. The summed E-state index contributed by atoms with van der Waals surface area (Å²) in [5.74, 6) is 0.0969. The van der Waals surface area contributed by atoms with Gasteiger partial charge in [-0.1, -0.05) is 27.7 Å². The van der Waals surface area contributed by atoms with Crippen LogP contribution in [0.25, 0.3) is 0 Å². The van der Waals surface area contributed by atoms with E-state index in [1.165, 1.54) is 0 Å². The van der Waals surface area contributed by atoms with Crippen molar-refractivity contribution in [2.24, 2.45) is 16.6 Å². The average Bonchev–Trinajstić information content (AvgIpc) is 2.29. The van der Waals surface area contributed by atoms with E-state index in [0.717, 1.165) is 19.3 Å². The summed E-state index contributed by atoms with van der Waals surface area (Å²) < 4.78 is 5.52. The van der Waals surface area contributed by atoms with Crippen LogP contribution in [0.4, 0.5) is 0 Å². The van der Waals surface area contributed by atoms with E-state index >= 15 is 0 Å². The van der Waals surface area contributed by atoms with Gasteiger partial charge >= 0.3 is 0 Å². The molecule has 3 N–H and O–H groups in total. The number of nitrogens with one attached hydrogen (secondary N) is 1. The molecule has 0 saturated heterocycles. The van der Waals surface area contributed by atoms with E-state index in [1.807, 2.05) is 0 Å². The van der Waals surface area contributed by atoms with E-state index in [-0.39, 0.29) is 34.4 Å². The Morgan fingerprint density at radius 1 is 1.26 bits per heavy atom. The molecule has 2 aliphatic carbocycles. The van der Waals surface area contributed by atoms with Gasteiger partial charge in [0.1, 0.15) is 0 Å². The predicted octanol–water partition coefficient (Wildman–Crippen LogP) is 1.82. The fourth-order valence-electron chi connectivity index (χ4n) is 4.08. The van der Waals surface area contributed by atoms with Crippen molar-refractivity contribution in [3.63, 3.8) is 0 Å². The highest BCUT2D eigenvalue weighted by Crippen LogP contribution is 2.52. The molecule has 0 unspecified atom stereocenters. The molecule has 110 valence electrons. The molecule has 2 aliphatic rings. The third-order valence-electron chi connectivity index (χ3n) is 5.58. The molecule has 4 heteroatoms. The van der Waals surface area contributed by atoms with Gasteiger partial charge < -0.3 is 15.8 Å². The maximum Gasteiger partial charge on any atom is 0.223 e. The van der Waals surface area contributed by atoms with Crippen LogP contribution in [0.2, 0.25) is 0 Å². The van der Waals surface area contributed by atoms with E-state index in [4.69, 9.17) is 10.5 Å². The number of carbonyl (C=O) groups is 1. The van der Waals surface area contributed by atoms with E-state index in [9.17, 15) is 4.79 Å². The molecule has 0 aliphatic heterocycles. The Kier molecular flexibility index (Phi) is 3.47. The Morgan fingerprint density at radius 3 is 2.16 bits per heavy atom. The van der Waals surface area contributed by atoms with Crippen LogP contribution < -0.4 is 11.1 Å². The summed E-state index contributed by atoms with van der Waals surface area (Å²) in [6.07, 6.45) is 3.62. The monoisotopic (exact) mass is 268 g/mol. The smallest absolute Gasteiger partial charge is 0.223 e. The SMILES string of the molecule is COC1(CC(=O)NC2C(C)(C)C(N)C2(C)C)CCC1. The van der Waals surface area contributed by atoms with Gasteiger partial charge in [0.2, 0.25) is 5.91 Å². The number of nitrogens with two attached hydrogens (primary N) is 1. The number of rotatable bonds is 4. The zero-order valence-electron chi connectivity index (χ0n) is 12.9. The van der Waals surface area contributed by atoms with E-state index in [1.54, 1.807) is 7.11 Å². The van der Waals surface area contributed by atoms with Crippen molar-refractivity contribution in [2.75, 3.05) is 7.11 Å². The lowest BCUT2D eigenvalue weighted by Crippen LogP contribution is -2.76. The fourth-order valence-corrected chi connectivity index (χ4v) is 4.08. The van der Waals surface area contributed by atoms with Gasteiger partial charge in [0.05, 0.1) is 12.0 Å². The molecule has 0 aromatic heterocycles. The van der Waals surface area contributed by atoms with Gasteiger partial charge in [0.15, 0.2) is 0 Å². The Balaban J connectivity index is 1.96. The van der Waals surface area contributed by atoms with Crippen LogP contribution in [0.1, 0.15) is 53.4 Å². The summed E-state index contributed by atoms with van der Waals surface area (Å²) in [7, 11) is 1.71. The van der Waals surface area contributed by atoms with Gasteiger partial charge in [-0.05, 0) is 19.3 Å². The molecule has 4 nitrogen and oxygen atoms in total. The molecule has 0 atom stereocenters. The van der Waals surface area contributed by atoms with E-state index in [2.05, 4.69) is 33.0 Å². The molecular formula is C15H28N2O2. The van der Waals surface area contributed by atoms with Crippen molar-refractivity contribution in [2.45, 2.75) is 71.1 Å². The second-order valence-corrected chi connectivity index (χ2v) is 7.54. The summed E-state index contributed by atoms with van der Waals surface area (Å²) in [6.45, 7) is 8.51. The molecule has 1 amide bonds. The lowest BCUT2D eigenvalue weighted by atomic mass is 9.48. The molecule has 2 rings (SSSR count). The zero-order valence-corrected chi connectivity index (χ0v) is 12.9. The van der Waals surface area contributed by atoms with Gasteiger partial charge in [-0.2, -0.15) is 0 Å². The van der Waals surface area contributed by atoms with Crippen LogP contribution in [0.5, 0.6) is 0 Å².